The zero-order valence-corrected chi connectivity index (χ0v) is 8.96. The predicted molar refractivity (Wildman–Crippen MR) is 57.4 cm³/mol. The molecule has 13 heavy (non-hydrogen) atoms. The van der Waals surface area contributed by atoms with Crippen LogP contribution in [0.5, 0.6) is 0 Å². The Bertz CT molecular complexity index is 219. The summed E-state index contributed by atoms with van der Waals surface area (Å²) < 4.78 is 0. The lowest BCUT2D eigenvalue weighted by atomic mass is 9.79. The lowest BCUT2D eigenvalue weighted by Gasteiger charge is -2.26. The monoisotopic (exact) mass is 176 g/mol. The predicted octanol–water partition coefficient (Wildman–Crippen LogP) is 3.80. The molecule has 2 aliphatic rings. The van der Waals surface area contributed by atoms with Crippen LogP contribution in [0.25, 0.3) is 0 Å². The molecule has 2 unspecified atom stereocenters. The molecule has 1 fully saturated rings. The van der Waals surface area contributed by atoms with Gasteiger partial charge in [0.2, 0.25) is 0 Å². The summed E-state index contributed by atoms with van der Waals surface area (Å²) in [6, 6.07) is 0. The van der Waals surface area contributed by atoms with Gasteiger partial charge in [-0.3, -0.25) is 0 Å². The molecule has 0 N–H and O–H groups in total. The van der Waals surface area contributed by atoms with Gasteiger partial charge in [0, 0.05) is 0 Å². The summed E-state index contributed by atoms with van der Waals surface area (Å²) in [6.07, 6.45) is 12.0. The van der Waals surface area contributed by atoms with Crippen LogP contribution in [-0.2, 0) is 0 Å². The van der Waals surface area contributed by atoms with Crippen LogP contribution in [0.15, 0.2) is 24.3 Å². The summed E-state index contributed by atoms with van der Waals surface area (Å²) in [4.78, 5) is 0. The van der Waals surface area contributed by atoms with E-state index in [0.717, 1.165) is 17.8 Å². The quantitative estimate of drug-likeness (QED) is 0.526. The molecule has 0 radical (unpaired) electrons. The molecule has 0 bridgehead atoms. The van der Waals surface area contributed by atoms with Crippen molar-refractivity contribution >= 4 is 0 Å². The molecule has 0 nitrogen and oxygen atoms in total. The lowest BCUT2D eigenvalue weighted by Crippen LogP contribution is -2.17. The van der Waals surface area contributed by atoms with Gasteiger partial charge in [0.25, 0.3) is 0 Å². The van der Waals surface area contributed by atoms with E-state index in [1.165, 1.54) is 12.8 Å². The molecule has 2 rings (SSSR count). The first kappa shape index (κ1) is 9.05. The minimum absolute atomic E-state index is 0.499. The third-order valence-corrected chi connectivity index (χ3v) is 3.72. The van der Waals surface area contributed by atoms with Crippen molar-refractivity contribution in [2.24, 2.45) is 23.2 Å². The molecule has 0 aromatic carbocycles. The van der Waals surface area contributed by atoms with Crippen molar-refractivity contribution in [2.75, 3.05) is 0 Å². The Labute approximate surface area is 81.7 Å². The van der Waals surface area contributed by atoms with E-state index in [1.54, 1.807) is 0 Å². The molecule has 0 amide bonds. The minimum atomic E-state index is 0.499. The standard InChI is InChI=1S/C13H20/c1-13(2,3)12-8-10-6-4-5-7-11(10)9-12/h4-7,10-12H,8-9H2,1-3H3. The summed E-state index contributed by atoms with van der Waals surface area (Å²) in [5.41, 5.74) is 0.499. The molecule has 0 aromatic heterocycles. The van der Waals surface area contributed by atoms with Gasteiger partial charge in [-0.2, -0.15) is 0 Å². The van der Waals surface area contributed by atoms with Crippen molar-refractivity contribution in [3.05, 3.63) is 24.3 Å². The number of rotatable bonds is 0. The van der Waals surface area contributed by atoms with Crippen LogP contribution in [0.3, 0.4) is 0 Å². The number of fused-ring (bicyclic) bond motifs is 1. The minimum Gasteiger partial charge on any atom is -0.0808 e. The summed E-state index contributed by atoms with van der Waals surface area (Å²) in [7, 11) is 0. The zero-order valence-electron chi connectivity index (χ0n) is 8.96. The van der Waals surface area contributed by atoms with Gasteiger partial charge < -0.3 is 0 Å². The van der Waals surface area contributed by atoms with Crippen LogP contribution in [0.2, 0.25) is 0 Å². The van der Waals surface area contributed by atoms with Crippen LogP contribution in [-0.4, -0.2) is 0 Å². The molecule has 0 spiro atoms. The largest absolute Gasteiger partial charge is 0.0808 e. The van der Waals surface area contributed by atoms with Crippen molar-refractivity contribution in [1.29, 1.82) is 0 Å². The Morgan fingerprint density at radius 3 is 1.77 bits per heavy atom. The number of allylic oxidation sites excluding steroid dienone is 4. The second-order valence-corrected chi connectivity index (χ2v) is 5.63. The zero-order chi connectivity index (χ0) is 9.47. The van der Waals surface area contributed by atoms with Gasteiger partial charge in [0.1, 0.15) is 0 Å². The molecule has 0 aromatic rings. The lowest BCUT2D eigenvalue weighted by molar-refractivity contribution is 0.240. The van der Waals surface area contributed by atoms with E-state index >= 15 is 0 Å². The van der Waals surface area contributed by atoms with Crippen LogP contribution in [0, 0.1) is 23.2 Å². The molecule has 0 heteroatoms. The SMILES string of the molecule is CC(C)(C)C1CC2C=CC=CC2C1. The maximum absolute atomic E-state index is 2.40. The van der Waals surface area contributed by atoms with Gasteiger partial charge in [-0.25, -0.2) is 0 Å². The third-order valence-electron chi connectivity index (χ3n) is 3.72. The van der Waals surface area contributed by atoms with E-state index in [9.17, 15) is 0 Å². The van der Waals surface area contributed by atoms with Crippen LogP contribution >= 0.6 is 0 Å². The highest BCUT2D eigenvalue weighted by Gasteiger charge is 2.37. The molecule has 0 aliphatic heterocycles. The van der Waals surface area contributed by atoms with Gasteiger partial charge in [-0.15, -0.1) is 0 Å². The Kier molecular flexibility index (Phi) is 2.09. The van der Waals surface area contributed by atoms with Crippen molar-refractivity contribution in [1.82, 2.24) is 0 Å². The molecule has 72 valence electrons. The van der Waals surface area contributed by atoms with E-state index in [2.05, 4.69) is 45.1 Å². The van der Waals surface area contributed by atoms with Gasteiger partial charge in [-0.1, -0.05) is 45.1 Å². The summed E-state index contributed by atoms with van der Waals surface area (Å²) >= 11 is 0. The van der Waals surface area contributed by atoms with Gasteiger partial charge >= 0.3 is 0 Å². The Balaban J connectivity index is 2.09. The average molecular weight is 176 g/mol. The maximum atomic E-state index is 2.40. The Hall–Kier alpha value is -0.520. The van der Waals surface area contributed by atoms with Crippen LogP contribution < -0.4 is 0 Å². The molecular weight excluding hydrogens is 156 g/mol. The highest BCUT2D eigenvalue weighted by molar-refractivity contribution is 5.17. The van der Waals surface area contributed by atoms with E-state index < -0.39 is 0 Å². The summed E-state index contributed by atoms with van der Waals surface area (Å²) in [5, 5.41) is 0. The molecule has 2 aliphatic carbocycles. The highest BCUT2D eigenvalue weighted by Crippen LogP contribution is 2.47. The topological polar surface area (TPSA) is 0 Å². The highest BCUT2D eigenvalue weighted by atomic mass is 14.4. The first-order chi connectivity index (χ1) is 6.07. The van der Waals surface area contributed by atoms with Crippen LogP contribution in [0.4, 0.5) is 0 Å². The summed E-state index contributed by atoms with van der Waals surface area (Å²) in [5.74, 6) is 2.60. The smallest absolute Gasteiger partial charge is 0.0164 e. The van der Waals surface area contributed by atoms with E-state index in [1.807, 2.05) is 0 Å². The fourth-order valence-electron chi connectivity index (χ4n) is 2.67. The second-order valence-electron chi connectivity index (χ2n) is 5.63. The average Bonchev–Trinajstić information content (AvgIpc) is 2.45. The number of hydrogen-bond donors (Lipinski definition) is 0. The molecule has 0 heterocycles. The first-order valence-electron chi connectivity index (χ1n) is 5.42. The Morgan fingerprint density at radius 1 is 0.923 bits per heavy atom. The van der Waals surface area contributed by atoms with Crippen molar-refractivity contribution < 1.29 is 0 Å². The van der Waals surface area contributed by atoms with E-state index in [-0.39, 0.29) is 0 Å². The third kappa shape index (κ3) is 1.72. The Morgan fingerprint density at radius 2 is 1.38 bits per heavy atom. The van der Waals surface area contributed by atoms with Crippen molar-refractivity contribution in [2.45, 2.75) is 33.6 Å². The molecule has 2 atom stereocenters. The van der Waals surface area contributed by atoms with Crippen molar-refractivity contribution in [3.63, 3.8) is 0 Å². The summed E-state index contributed by atoms with van der Waals surface area (Å²) in [6.45, 7) is 7.13. The number of hydrogen-bond acceptors (Lipinski definition) is 0. The normalized spacial score (nSPS) is 37.9. The van der Waals surface area contributed by atoms with Gasteiger partial charge in [0.15, 0.2) is 0 Å². The fraction of sp³-hybridized carbons (Fsp3) is 0.692. The van der Waals surface area contributed by atoms with Crippen molar-refractivity contribution in [3.8, 4) is 0 Å². The molecular formula is C13H20. The fourth-order valence-corrected chi connectivity index (χ4v) is 2.67. The van der Waals surface area contributed by atoms with Gasteiger partial charge in [0.05, 0.1) is 0 Å². The second kappa shape index (κ2) is 3.01. The first-order valence-corrected chi connectivity index (χ1v) is 5.42. The van der Waals surface area contributed by atoms with E-state index in [4.69, 9.17) is 0 Å². The van der Waals surface area contributed by atoms with E-state index in [0.29, 0.717) is 5.41 Å². The maximum Gasteiger partial charge on any atom is -0.0164 e. The van der Waals surface area contributed by atoms with Crippen LogP contribution in [0.1, 0.15) is 33.6 Å². The molecule has 0 saturated heterocycles. The molecule has 1 saturated carbocycles. The van der Waals surface area contributed by atoms with Gasteiger partial charge in [-0.05, 0) is 36.0 Å².